The molecule has 0 aliphatic carbocycles. The summed E-state index contributed by atoms with van der Waals surface area (Å²) in [6.45, 7) is -0.510. The molecule has 0 spiro atoms. The summed E-state index contributed by atoms with van der Waals surface area (Å²) in [5.74, 6) is 0.371. The maximum absolute atomic E-state index is 9.87. The van der Waals surface area contributed by atoms with Crippen molar-refractivity contribution < 1.29 is 29.9 Å². The molecule has 0 saturated carbocycles. The van der Waals surface area contributed by atoms with Crippen LogP contribution in [0.4, 0.5) is 5.69 Å². The molecule has 1 fully saturated rings. The van der Waals surface area contributed by atoms with E-state index in [1.807, 2.05) is 0 Å². The Balaban J connectivity index is 2.09. The van der Waals surface area contributed by atoms with Gasteiger partial charge < -0.3 is 35.6 Å². The monoisotopic (exact) mass is 271 g/mol. The highest BCUT2D eigenvalue weighted by molar-refractivity contribution is 5.41. The van der Waals surface area contributed by atoms with Crippen LogP contribution in [0.25, 0.3) is 0 Å². The second-order valence-corrected chi connectivity index (χ2v) is 4.38. The maximum atomic E-state index is 9.87. The van der Waals surface area contributed by atoms with Gasteiger partial charge in [-0.25, -0.2) is 0 Å². The SMILES string of the molecule is Nc1ccc(O[C@H]2C(O)O[C@H](CO)[C@H](O)[C@@H]2O)cc1. The molecule has 0 radical (unpaired) electrons. The number of anilines is 1. The standard InChI is InChI=1S/C12H17NO6/c13-6-1-3-7(4-2-6)18-11-10(16)9(15)8(5-14)19-12(11)17/h1-4,8-12,14-17H,5,13H2/t8-,9+,10+,11-,12?/m1/s1. The second-order valence-electron chi connectivity index (χ2n) is 4.38. The molecule has 0 amide bonds. The third-order valence-electron chi connectivity index (χ3n) is 2.99. The van der Waals surface area contributed by atoms with E-state index in [4.69, 9.17) is 20.3 Å². The summed E-state index contributed by atoms with van der Waals surface area (Å²) in [5, 5.41) is 38.2. The zero-order valence-corrected chi connectivity index (χ0v) is 10.1. The molecule has 19 heavy (non-hydrogen) atoms. The van der Waals surface area contributed by atoms with Crippen LogP contribution >= 0.6 is 0 Å². The summed E-state index contributed by atoms with van der Waals surface area (Å²) < 4.78 is 10.3. The Morgan fingerprint density at radius 1 is 1.11 bits per heavy atom. The van der Waals surface area contributed by atoms with Crippen molar-refractivity contribution in [2.24, 2.45) is 0 Å². The van der Waals surface area contributed by atoms with Gasteiger partial charge in [-0.1, -0.05) is 0 Å². The first-order valence-corrected chi connectivity index (χ1v) is 5.85. The number of nitrogen functional groups attached to an aromatic ring is 1. The van der Waals surface area contributed by atoms with Gasteiger partial charge in [-0.05, 0) is 24.3 Å². The largest absolute Gasteiger partial charge is 0.482 e. The minimum absolute atomic E-state index is 0.371. The van der Waals surface area contributed by atoms with Gasteiger partial charge in [0.05, 0.1) is 6.61 Å². The summed E-state index contributed by atoms with van der Waals surface area (Å²) in [7, 11) is 0. The lowest BCUT2D eigenvalue weighted by atomic mass is 9.99. The Labute approximate surface area is 109 Å². The summed E-state index contributed by atoms with van der Waals surface area (Å²) >= 11 is 0. The minimum Gasteiger partial charge on any atom is -0.482 e. The fourth-order valence-electron chi connectivity index (χ4n) is 1.90. The Bertz CT molecular complexity index is 411. The lowest BCUT2D eigenvalue weighted by molar-refractivity contribution is -0.280. The highest BCUT2D eigenvalue weighted by Gasteiger charge is 2.45. The molecular formula is C12H17NO6. The van der Waals surface area contributed by atoms with Crippen molar-refractivity contribution in [2.45, 2.75) is 30.7 Å². The van der Waals surface area contributed by atoms with Crippen LogP contribution < -0.4 is 10.5 Å². The van der Waals surface area contributed by atoms with E-state index in [9.17, 15) is 15.3 Å². The molecule has 1 aliphatic heterocycles. The van der Waals surface area contributed by atoms with Gasteiger partial charge in [0.1, 0.15) is 24.1 Å². The summed E-state index contributed by atoms with van der Waals surface area (Å²) in [5.41, 5.74) is 6.08. The predicted molar refractivity (Wildman–Crippen MR) is 65.2 cm³/mol. The maximum Gasteiger partial charge on any atom is 0.195 e. The number of nitrogens with two attached hydrogens (primary N) is 1. The van der Waals surface area contributed by atoms with E-state index >= 15 is 0 Å². The molecule has 1 unspecified atom stereocenters. The average Bonchev–Trinajstić information content (AvgIpc) is 2.41. The smallest absolute Gasteiger partial charge is 0.195 e. The normalized spacial score (nSPS) is 35.1. The third-order valence-corrected chi connectivity index (χ3v) is 2.99. The van der Waals surface area contributed by atoms with Gasteiger partial charge in [0, 0.05) is 5.69 Å². The fourth-order valence-corrected chi connectivity index (χ4v) is 1.90. The third kappa shape index (κ3) is 2.96. The van der Waals surface area contributed by atoms with Crippen LogP contribution in [0.2, 0.25) is 0 Å². The fraction of sp³-hybridized carbons (Fsp3) is 0.500. The lowest BCUT2D eigenvalue weighted by Gasteiger charge is -2.39. The van der Waals surface area contributed by atoms with E-state index in [0.29, 0.717) is 11.4 Å². The quantitative estimate of drug-likeness (QED) is 0.421. The molecule has 1 aromatic rings. The van der Waals surface area contributed by atoms with Gasteiger partial charge in [-0.3, -0.25) is 0 Å². The Morgan fingerprint density at radius 3 is 2.32 bits per heavy atom. The van der Waals surface area contributed by atoms with E-state index < -0.39 is 37.3 Å². The topological polar surface area (TPSA) is 125 Å². The molecule has 1 saturated heterocycles. The van der Waals surface area contributed by atoms with E-state index in [1.165, 1.54) is 0 Å². The van der Waals surface area contributed by atoms with Crippen molar-refractivity contribution in [3.05, 3.63) is 24.3 Å². The van der Waals surface area contributed by atoms with Crippen LogP contribution in [0, 0.1) is 0 Å². The zero-order chi connectivity index (χ0) is 14.0. The van der Waals surface area contributed by atoms with Crippen molar-refractivity contribution in [1.29, 1.82) is 0 Å². The molecular weight excluding hydrogens is 254 g/mol. The number of aliphatic hydroxyl groups excluding tert-OH is 4. The highest BCUT2D eigenvalue weighted by Crippen LogP contribution is 2.24. The van der Waals surface area contributed by atoms with Crippen LogP contribution in [-0.4, -0.2) is 57.7 Å². The van der Waals surface area contributed by atoms with Crippen molar-refractivity contribution in [1.82, 2.24) is 0 Å². The summed E-state index contributed by atoms with van der Waals surface area (Å²) in [4.78, 5) is 0. The average molecular weight is 271 g/mol. The first-order valence-electron chi connectivity index (χ1n) is 5.85. The zero-order valence-electron chi connectivity index (χ0n) is 10.1. The molecule has 0 aromatic heterocycles. The molecule has 1 aliphatic rings. The van der Waals surface area contributed by atoms with Gasteiger partial charge in [0.15, 0.2) is 12.4 Å². The predicted octanol–water partition coefficient (Wildman–Crippen LogP) is -1.55. The number of rotatable bonds is 3. The molecule has 106 valence electrons. The van der Waals surface area contributed by atoms with Gasteiger partial charge in [-0.15, -0.1) is 0 Å². The number of aliphatic hydroxyl groups is 4. The first-order chi connectivity index (χ1) is 9.02. The van der Waals surface area contributed by atoms with Crippen LogP contribution in [0.5, 0.6) is 5.75 Å². The van der Waals surface area contributed by atoms with Crippen molar-refractivity contribution in [3.8, 4) is 5.75 Å². The lowest BCUT2D eigenvalue weighted by Crippen LogP contribution is -2.60. The molecule has 1 aromatic carbocycles. The molecule has 2 rings (SSSR count). The van der Waals surface area contributed by atoms with Crippen LogP contribution in [0.15, 0.2) is 24.3 Å². The number of benzene rings is 1. The van der Waals surface area contributed by atoms with Crippen LogP contribution in [0.1, 0.15) is 0 Å². The first kappa shape index (κ1) is 14.0. The van der Waals surface area contributed by atoms with Gasteiger partial charge in [-0.2, -0.15) is 0 Å². The van der Waals surface area contributed by atoms with E-state index in [0.717, 1.165) is 0 Å². The van der Waals surface area contributed by atoms with Crippen LogP contribution in [0.3, 0.4) is 0 Å². The summed E-state index contributed by atoms with van der Waals surface area (Å²) in [6, 6.07) is 6.34. The molecule has 6 N–H and O–H groups in total. The number of ether oxygens (including phenoxy) is 2. The minimum atomic E-state index is -1.45. The van der Waals surface area contributed by atoms with E-state index in [2.05, 4.69) is 0 Å². The van der Waals surface area contributed by atoms with E-state index in [-0.39, 0.29) is 0 Å². The Morgan fingerprint density at radius 2 is 1.74 bits per heavy atom. The Hall–Kier alpha value is -1.38. The molecule has 5 atom stereocenters. The van der Waals surface area contributed by atoms with Gasteiger partial charge in [0.25, 0.3) is 0 Å². The molecule has 7 heteroatoms. The molecule has 7 nitrogen and oxygen atoms in total. The Kier molecular flexibility index (Phi) is 4.23. The van der Waals surface area contributed by atoms with Gasteiger partial charge >= 0.3 is 0 Å². The van der Waals surface area contributed by atoms with Crippen LogP contribution in [-0.2, 0) is 4.74 Å². The summed E-state index contributed by atoms with van der Waals surface area (Å²) in [6.07, 6.45) is -6.36. The number of hydrogen-bond donors (Lipinski definition) is 5. The van der Waals surface area contributed by atoms with Crippen molar-refractivity contribution in [3.63, 3.8) is 0 Å². The highest BCUT2D eigenvalue weighted by atomic mass is 16.7. The second kappa shape index (κ2) is 5.72. The van der Waals surface area contributed by atoms with Gasteiger partial charge in [0.2, 0.25) is 0 Å². The van der Waals surface area contributed by atoms with Crippen molar-refractivity contribution >= 4 is 5.69 Å². The van der Waals surface area contributed by atoms with Crippen molar-refractivity contribution in [2.75, 3.05) is 12.3 Å². The van der Waals surface area contributed by atoms with E-state index in [1.54, 1.807) is 24.3 Å². The number of hydrogen-bond acceptors (Lipinski definition) is 7. The molecule has 1 heterocycles. The molecule has 0 bridgehead atoms.